The Balaban J connectivity index is 1.64. The summed E-state index contributed by atoms with van der Waals surface area (Å²) in [6.07, 6.45) is 5.36. The van der Waals surface area contributed by atoms with E-state index in [-0.39, 0.29) is 18.4 Å². The molecule has 0 saturated heterocycles. The maximum absolute atomic E-state index is 12.6. The van der Waals surface area contributed by atoms with Gasteiger partial charge in [0.05, 0.1) is 6.42 Å². The van der Waals surface area contributed by atoms with Crippen LogP contribution in [0, 0.1) is 0 Å². The fourth-order valence-corrected chi connectivity index (χ4v) is 2.87. The third kappa shape index (κ3) is 4.59. The Bertz CT molecular complexity index is 774. The lowest BCUT2D eigenvalue weighted by Gasteiger charge is -2.26. The molecule has 0 aliphatic heterocycles. The fraction of sp³-hybridized carbons (Fsp3) is 0.350. The summed E-state index contributed by atoms with van der Waals surface area (Å²) in [6.45, 7) is 1.96. The molecule has 1 atom stereocenters. The Morgan fingerprint density at radius 1 is 1.27 bits per heavy atom. The topological polar surface area (TPSA) is 79.7 Å². The minimum atomic E-state index is -0.973. The first-order valence-corrected chi connectivity index (χ1v) is 8.69. The number of ether oxygens (including phenoxy) is 1. The number of pyridine rings is 1. The largest absolute Gasteiger partial charge is 0.489 e. The summed E-state index contributed by atoms with van der Waals surface area (Å²) >= 11 is 0. The van der Waals surface area contributed by atoms with Crippen LogP contribution in [0.1, 0.15) is 30.9 Å². The van der Waals surface area contributed by atoms with E-state index in [9.17, 15) is 14.7 Å². The summed E-state index contributed by atoms with van der Waals surface area (Å²) in [5.41, 5.74) is 1.77. The highest BCUT2D eigenvalue weighted by molar-refractivity contribution is 5.85. The van der Waals surface area contributed by atoms with Crippen LogP contribution in [0.15, 0.2) is 48.8 Å². The molecular weight excluding hydrogens is 332 g/mol. The van der Waals surface area contributed by atoms with Crippen molar-refractivity contribution in [3.8, 4) is 5.75 Å². The third-order valence-corrected chi connectivity index (χ3v) is 4.38. The quantitative estimate of drug-likeness (QED) is 0.788. The van der Waals surface area contributed by atoms with Crippen LogP contribution in [0.25, 0.3) is 0 Å². The number of carbonyl (C=O) groups excluding carboxylic acids is 1. The SMILES string of the molecule is CC(C(=O)O)N(C(=O)Cc1cccc(OCc2cccnc2)c1)C1CC1. The van der Waals surface area contributed by atoms with Gasteiger partial charge >= 0.3 is 5.97 Å². The maximum Gasteiger partial charge on any atom is 0.326 e. The lowest BCUT2D eigenvalue weighted by Crippen LogP contribution is -2.45. The van der Waals surface area contributed by atoms with E-state index in [1.807, 2.05) is 36.4 Å². The van der Waals surface area contributed by atoms with Gasteiger partial charge in [-0.25, -0.2) is 4.79 Å². The second-order valence-electron chi connectivity index (χ2n) is 6.52. The number of amides is 1. The van der Waals surface area contributed by atoms with Gasteiger partial charge in [0.15, 0.2) is 0 Å². The van der Waals surface area contributed by atoms with Crippen molar-refractivity contribution in [3.05, 3.63) is 59.9 Å². The Labute approximate surface area is 152 Å². The summed E-state index contributed by atoms with van der Waals surface area (Å²) in [6, 6.07) is 10.4. The van der Waals surface area contributed by atoms with Gasteiger partial charge < -0.3 is 14.7 Å². The number of aromatic nitrogens is 1. The first kappa shape index (κ1) is 17.9. The van der Waals surface area contributed by atoms with Crippen LogP contribution < -0.4 is 4.74 Å². The predicted octanol–water partition coefficient (Wildman–Crippen LogP) is 2.67. The van der Waals surface area contributed by atoms with Gasteiger partial charge in [0.2, 0.25) is 5.91 Å². The van der Waals surface area contributed by atoms with Crippen LogP contribution in [0.4, 0.5) is 0 Å². The zero-order valence-electron chi connectivity index (χ0n) is 14.7. The van der Waals surface area contributed by atoms with Crippen LogP contribution in [0.2, 0.25) is 0 Å². The number of carboxylic acid groups (broad SMARTS) is 1. The van der Waals surface area contributed by atoms with Crippen molar-refractivity contribution in [1.29, 1.82) is 0 Å². The molecule has 1 saturated carbocycles. The lowest BCUT2D eigenvalue weighted by molar-refractivity contribution is -0.149. The Kier molecular flexibility index (Phi) is 5.51. The normalized spacial score (nSPS) is 14.5. The van der Waals surface area contributed by atoms with E-state index in [4.69, 9.17) is 4.74 Å². The van der Waals surface area contributed by atoms with Crippen molar-refractivity contribution >= 4 is 11.9 Å². The van der Waals surface area contributed by atoms with Crippen LogP contribution in [0.3, 0.4) is 0 Å². The van der Waals surface area contributed by atoms with E-state index in [1.54, 1.807) is 19.3 Å². The fourth-order valence-electron chi connectivity index (χ4n) is 2.87. The Hall–Kier alpha value is -2.89. The number of benzene rings is 1. The molecule has 6 heteroatoms. The second kappa shape index (κ2) is 7.99. The average Bonchev–Trinajstić information content (AvgIpc) is 3.46. The highest BCUT2D eigenvalue weighted by atomic mass is 16.5. The monoisotopic (exact) mass is 354 g/mol. The molecule has 136 valence electrons. The minimum absolute atomic E-state index is 0.0543. The molecule has 1 unspecified atom stereocenters. The molecule has 3 rings (SSSR count). The molecule has 1 fully saturated rings. The average molecular weight is 354 g/mol. The first-order chi connectivity index (χ1) is 12.5. The van der Waals surface area contributed by atoms with E-state index in [2.05, 4.69) is 4.98 Å². The number of hydrogen-bond acceptors (Lipinski definition) is 4. The maximum atomic E-state index is 12.6. The van der Waals surface area contributed by atoms with Gasteiger partial charge in [-0.3, -0.25) is 9.78 Å². The first-order valence-electron chi connectivity index (χ1n) is 8.69. The Morgan fingerprint density at radius 2 is 2.04 bits per heavy atom. The summed E-state index contributed by atoms with van der Waals surface area (Å²) in [5, 5.41) is 9.25. The predicted molar refractivity (Wildman–Crippen MR) is 95.7 cm³/mol. The zero-order chi connectivity index (χ0) is 18.5. The molecule has 0 spiro atoms. The summed E-state index contributed by atoms with van der Waals surface area (Å²) in [4.78, 5) is 29.5. The molecule has 1 amide bonds. The van der Waals surface area contributed by atoms with Crippen LogP contribution in [0.5, 0.6) is 5.75 Å². The van der Waals surface area contributed by atoms with Crippen LogP contribution in [-0.4, -0.2) is 39.0 Å². The molecule has 1 heterocycles. The number of nitrogens with zero attached hydrogens (tertiary/aromatic N) is 2. The molecule has 26 heavy (non-hydrogen) atoms. The summed E-state index contributed by atoms with van der Waals surface area (Å²) in [5.74, 6) is -0.464. The van der Waals surface area contributed by atoms with Crippen molar-refractivity contribution in [1.82, 2.24) is 9.88 Å². The molecule has 2 aromatic rings. The summed E-state index contributed by atoms with van der Waals surface area (Å²) < 4.78 is 5.76. The number of rotatable bonds is 8. The molecule has 0 bridgehead atoms. The number of carbonyl (C=O) groups is 2. The van der Waals surface area contributed by atoms with Crippen molar-refractivity contribution in [2.24, 2.45) is 0 Å². The number of aliphatic carboxylic acids is 1. The standard InChI is InChI=1S/C20H22N2O4/c1-14(20(24)25)22(17-7-8-17)19(23)11-15-4-2-6-18(10-15)26-13-16-5-3-9-21-12-16/h2-6,9-10,12,14,17H,7-8,11,13H2,1H3,(H,24,25). The Morgan fingerprint density at radius 3 is 2.69 bits per heavy atom. The second-order valence-corrected chi connectivity index (χ2v) is 6.52. The van der Waals surface area contributed by atoms with E-state index >= 15 is 0 Å². The molecule has 1 aromatic heterocycles. The van der Waals surface area contributed by atoms with Crippen molar-refractivity contribution < 1.29 is 19.4 Å². The van der Waals surface area contributed by atoms with Gasteiger partial charge in [0, 0.05) is 24.0 Å². The van der Waals surface area contributed by atoms with Crippen LogP contribution in [-0.2, 0) is 22.6 Å². The van der Waals surface area contributed by atoms with Gasteiger partial charge in [0.1, 0.15) is 18.4 Å². The van der Waals surface area contributed by atoms with Gasteiger partial charge in [-0.15, -0.1) is 0 Å². The molecule has 1 aromatic carbocycles. The van der Waals surface area contributed by atoms with E-state index in [1.165, 1.54) is 4.90 Å². The van der Waals surface area contributed by atoms with E-state index in [0.29, 0.717) is 12.4 Å². The third-order valence-electron chi connectivity index (χ3n) is 4.38. The van der Waals surface area contributed by atoms with E-state index < -0.39 is 12.0 Å². The highest BCUT2D eigenvalue weighted by Crippen LogP contribution is 2.29. The highest BCUT2D eigenvalue weighted by Gasteiger charge is 2.38. The van der Waals surface area contributed by atoms with Crippen molar-refractivity contribution in [2.45, 2.75) is 44.9 Å². The summed E-state index contributed by atoms with van der Waals surface area (Å²) in [7, 11) is 0. The number of hydrogen-bond donors (Lipinski definition) is 1. The van der Waals surface area contributed by atoms with Crippen molar-refractivity contribution in [3.63, 3.8) is 0 Å². The molecule has 0 radical (unpaired) electrons. The van der Waals surface area contributed by atoms with Crippen LogP contribution >= 0.6 is 0 Å². The van der Waals surface area contributed by atoms with Crippen molar-refractivity contribution in [2.75, 3.05) is 0 Å². The van der Waals surface area contributed by atoms with Gasteiger partial charge in [-0.2, -0.15) is 0 Å². The molecular formula is C20H22N2O4. The zero-order valence-corrected chi connectivity index (χ0v) is 14.7. The molecule has 1 aliphatic carbocycles. The smallest absolute Gasteiger partial charge is 0.326 e. The van der Waals surface area contributed by atoms with Gasteiger partial charge in [0.25, 0.3) is 0 Å². The number of carboxylic acids is 1. The molecule has 6 nitrogen and oxygen atoms in total. The lowest BCUT2D eigenvalue weighted by atomic mass is 10.1. The van der Waals surface area contributed by atoms with E-state index in [0.717, 1.165) is 24.0 Å². The minimum Gasteiger partial charge on any atom is -0.489 e. The van der Waals surface area contributed by atoms with Gasteiger partial charge in [-0.1, -0.05) is 18.2 Å². The van der Waals surface area contributed by atoms with Gasteiger partial charge in [-0.05, 0) is 43.5 Å². The molecule has 1 aliphatic rings. The molecule has 1 N–H and O–H groups in total.